The van der Waals surface area contributed by atoms with Gasteiger partial charge in [-0.25, -0.2) is 4.39 Å². The number of aromatic carboxylic acids is 1. The second-order valence-electron chi connectivity index (χ2n) is 3.72. The summed E-state index contributed by atoms with van der Waals surface area (Å²) in [4.78, 5) is 20.6. The van der Waals surface area contributed by atoms with Crippen molar-refractivity contribution < 1.29 is 19.2 Å². The summed E-state index contributed by atoms with van der Waals surface area (Å²) in [5.74, 6) is -2.58. The minimum atomic E-state index is -1.57. The van der Waals surface area contributed by atoms with E-state index in [0.29, 0.717) is 5.56 Å². The number of rotatable bonds is 4. The van der Waals surface area contributed by atoms with Gasteiger partial charge in [0.1, 0.15) is 11.5 Å². The molecule has 0 radical (unpaired) electrons. The average Bonchev–Trinajstić information content (AvgIpc) is 2.76. The summed E-state index contributed by atoms with van der Waals surface area (Å²) in [6.45, 7) is -0.0303. The molecule has 8 heteroatoms. The van der Waals surface area contributed by atoms with Gasteiger partial charge in [-0.3, -0.25) is 0 Å². The van der Waals surface area contributed by atoms with Crippen LogP contribution in [0.15, 0.2) is 30.3 Å². The van der Waals surface area contributed by atoms with Crippen molar-refractivity contribution in [1.29, 1.82) is 0 Å². The topological polar surface area (TPSA) is 101 Å². The lowest BCUT2D eigenvalue weighted by Gasteiger charge is -2.03. The number of hydrogen-bond acceptors (Lipinski definition) is 5. The van der Waals surface area contributed by atoms with E-state index in [4.69, 9.17) is 0 Å². The lowest BCUT2D eigenvalue weighted by Crippen LogP contribution is -2.26. The summed E-state index contributed by atoms with van der Waals surface area (Å²) < 4.78 is 13.7. The highest BCUT2D eigenvalue weighted by Crippen LogP contribution is 2.13. The maximum absolute atomic E-state index is 12.7. The van der Waals surface area contributed by atoms with Crippen molar-refractivity contribution in [2.45, 2.75) is 6.54 Å². The Morgan fingerprint density at radius 3 is 2.53 bits per heavy atom. The molecule has 7 nitrogen and oxygen atoms in total. The molecule has 2 aromatic rings. The van der Waals surface area contributed by atoms with Gasteiger partial charge in [0.2, 0.25) is 0 Å². The molecule has 19 heavy (non-hydrogen) atoms. The number of nitro groups is 1. The van der Waals surface area contributed by atoms with E-state index in [1.54, 1.807) is 0 Å². The van der Waals surface area contributed by atoms with Gasteiger partial charge in [0.25, 0.3) is 0 Å². The summed E-state index contributed by atoms with van der Waals surface area (Å²) in [6, 6.07) is 6.08. The molecular weight excluding hydrogens is 257 g/mol. The summed E-state index contributed by atoms with van der Waals surface area (Å²) in [5, 5.41) is 25.0. The summed E-state index contributed by atoms with van der Waals surface area (Å²) in [7, 11) is 0. The van der Waals surface area contributed by atoms with E-state index in [9.17, 15) is 24.4 Å². The first-order valence-corrected chi connectivity index (χ1v) is 5.15. The van der Waals surface area contributed by atoms with Crippen LogP contribution < -0.4 is 5.11 Å². The van der Waals surface area contributed by atoms with E-state index in [-0.39, 0.29) is 6.54 Å². The molecule has 0 saturated carbocycles. The summed E-state index contributed by atoms with van der Waals surface area (Å²) in [6.07, 6.45) is 0. The number of nitrogens with zero attached hydrogens (tertiary/aromatic N) is 3. The minimum absolute atomic E-state index is 0.0303. The fourth-order valence-corrected chi connectivity index (χ4v) is 1.54. The van der Waals surface area contributed by atoms with E-state index in [2.05, 4.69) is 5.10 Å². The first kappa shape index (κ1) is 12.7. The van der Waals surface area contributed by atoms with Gasteiger partial charge in [-0.1, -0.05) is 12.1 Å². The van der Waals surface area contributed by atoms with E-state index in [1.165, 1.54) is 24.3 Å². The van der Waals surface area contributed by atoms with Crippen LogP contribution in [0.25, 0.3) is 0 Å². The number of hydrogen-bond donors (Lipinski definition) is 0. The Balaban J connectivity index is 2.35. The zero-order chi connectivity index (χ0) is 14.0. The number of carboxylic acid groups (broad SMARTS) is 1. The normalized spacial score (nSPS) is 10.4. The molecule has 1 heterocycles. The van der Waals surface area contributed by atoms with Gasteiger partial charge in [-0.2, -0.15) is 4.68 Å². The van der Waals surface area contributed by atoms with Crippen LogP contribution in [0.4, 0.5) is 10.2 Å². The second-order valence-corrected chi connectivity index (χ2v) is 3.72. The molecule has 0 spiro atoms. The van der Waals surface area contributed by atoms with Gasteiger partial charge in [0, 0.05) is 0 Å². The Morgan fingerprint density at radius 1 is 1.37 bits per heavy atom. The Kier molecular flexibility index (Phi) is 3.23. The smallest absolute Gasteiger partial charge is 0.390 e. The van der Waals surface area contributed by atoms with Crippen molar-refractivity contribution in [1.82, 2.24) is 9.78 Å². The molecule has 0 bridgehead atoms. The van der Waals surface area contributed by atoms with Gasteiger partial charge >= 0.3 is 5.82 Å². The highest BCUT2D eigenvalue weighted by molar-refractivity contribution is 5.84. The minimum Gasteiger partial charge on any atom is -0.543 e. The molecule has 0 aliphatic carbocycles. The van der Waals surface area contributed by atoms with E-state index >= 15 is 0 Å². The Labute approximate surface area is 106 Å². The molecule has 0 saturated heterocycles. The number of carbonyl (C=O) groups excluding carboxylic acids is 1. The van der Waals surface area contributed by atoms with Crippen LogP contribution in [0, 0.1) is 15.9 Å². The largest absolute Gasteiger partial charge is 0.543 e. The van der Waals surface area contributed by atoms with Crippen LogP contribution in [0.1, 0.15) is 16.1 Å². The molecule has 0 aliphatic heterocycles. The number of carboxylic acids is 1. The fraction of sp³-hybridized carbons (Fsp3) is 0.0909. The second kappa shape index (κ2) is 4.84. The van der Waals surface area contributed by atoms with E-state index in [1.807, 2.05) is 0 Å². The average molecular weight is 264 g/mol. The van der Waals surface area contributed by atoms with Crippen LogP contribution in [0.2, 0.25) is 0 Å². The lowest BCUT2D eigenvalue weighted by molar-refractivity contribution is -0.389. The van der Waals surface area contributed by atoms with Crippen LogP contribution >= 0.6 is 0 Å². The summed E-state index contributed by atoms with van der Waals surface area (Å²) in [5.41, 5.74) is 0.151. The van der Waals surface area contributed by atoms with Crippen LogP contribution in [0.5, 0.6) is 0 Å². The lowest BCUT2D eigenvalue weighted by atomic mass is 10.2. The highest BCUT2D eigenvalue weighted by Gasteiger charge is 2.18. The number of halogens is 1. The molecule has 98 valence electrons. The van der Waals surface area contributed by atoms with Crippen molar-refractivity contribution in [3.63, 3.8) is 0 Å². The molecular formula is C11H7FN3O4-. The molecule has 0 unspecified atom stereocenters. The molecule has 0 fully saturated rings. The maximum atomic E-state index is 12.7. The van der Waals surface area contributed by atoms with Gasteiger partial charge in [-0.15, -0.1) is 0 Å². The third kappa shape index (κ3) is 2.73. The first-order valence-electron chi connectivity index (χ1n) is 5.15. The molecule has 1 aromatic carbocycles. The molecule has 0 N–H and O–H groups in total. The van der Waals surface area contributed by atoms with Crippen LogP contribution in [-0.4, -0.2) is 20.7 Å². The standard InChI is InChI=1S/C11H8FN3O4/c12-8-3-1-7(2-4-8)6-14-9(11(16)17)5-10(13-14)15(18)19/h1-5H,6H2,(H,16,17)/p-1. The molecule has 0 amide bonds. The number of aromatic nitrogens is 2. The Morgan fingerprint density at radius 2 is 2.00 bits per heavy atom. The van der Waals surface area contributed by atoms with Crippen LogP contribution in [0.3, 0.4) is 0 Å². The van der Waals surface area contributed by atoms with Crippen LogP contribution in [-0.2, 0) is 6.54 Å². The zero-order valence-corrected chi connectivity index (χ0v) is 9.45. The van der Waals surface area contributed by atoms with Gasteiger partial charge in [0.15, 0.2) is 0 Å². The first-order chi connectivity index (χ1) is 8.97. The molecule has 2 rings (SSSR count). The number of carbonyl (C=O) groups is 1. The Hall–Kier alpha value is -2.77. The molecule has 1 aromatic heterocycles. The summed E-state index contributed by atoms with van der Waals surface area (Å²) >= 11 is 0. The third-order valence-corrected chi connectivity index (χ3v) is 2.41. The zero-order valence-electron chi connectivity index (χ0n) is 9.45. The van der Waals surface area contributed by atoms with Gasteiger partial charge < -0.3 is 20.0 Å². The van der Waals surface area contributed by atoms with Crippen molar-refractivity contribution in [3.05, 3.63) is 57.5 Å². The predicted octanol–water partition coefficient (Wildman–Crippen LogP) is 0.342. The van der Waals surface area contributed by atoms with E-state index < -0.39 is 28.2 Å². The SMILES string of the molecule is O=C([O-])c1cc([N+](=O)[O-])nn1Cc1ccc(F)cc1. The highest BCUT2D eigenvalue weighted by atomic mass is 19.1. The monoisotopic (exact) mass is 264 g/mol. The van der Waals surface area contributed by atoms with Crippen molar-refractivity contribution in [2.75, 3.05) is 0 Å². The molecule has 0 aliphatic rings. The van der Waals surface area contributed by atoms with Crippen molar-refractivity contribution >= 4 is 11.8 Å². The third-order valence-electron chi connectivity index (χ3n) is 2.41. The maximum Gasteiger partial charge on any atom is 0.390 e. The quantitative estimate of drug-likeness (QED) is 0.585. The van der Waals surface area contributed by atoms with Gasteiger partial charge in [0.05, 0.1) is 23.7 Å². The van der Waals surface area contributed by atoms with Crippen molar-refractivity contribution in [3.8, 4) is 0 Å². The predicted molar refractivity (Wildman–Crippen MR) is 58.7 cm³/mol. The molecule has 0 atom stereocenters. The fourth-order valence-electron chi connectivity index (χ4n) is 1.54. The van der Waals surface area contributed by atoms with Gasteiger partial charge in [-0.05, 0) is 22.6 Å². The number of benzene rings is 1. The van der Waals surface area contributed by atoms with Crippen molar-refractivity contribution in [2.24, 2.45) is 0 Å². The Bertz CT molecular complexity index is 636. The van der Waals surface area contributed by atoms with E-state index in [0.717, 1.165) is 10.7 Å².